The largest absolute Gasteiger partial charge is 0.492 e. The van der Waals surface area contributed by atoms with Gasteiger partial charge in [-0.15, -0.1) is 11.8 Å². The van der Waals surface area contributed by atoms with Crippen LogP contribution in [0.25, 0.3) is 0 Å². The van der Waals surface area contributed by atoms with E-state index in [1.165, 1.54) is 10.5 Å². The zero-order chi connectivity index (χ0) is 20.8. The van der Waals surface area contributed by atoms with Gasteiger partial charge in [-0.3, -0.25) is 10.1 Å². The molecule has 1 aliphatic heterocycles. The number of para-hydroxylation sites is 2. The number of fused-ring (bicyclic) bond motifs is 1. The molecule has 0 radical (unpaired) electrons. The van der Waals surface area contributed by atoms with Crippen molar-refractivity contribution in [1.29, 1.82) is 0 Å². The van der Waals surface area contributed by atoms with Gasteiger partial charge >= 0.3 is 0 Å². The average Bonchev–Trinajstić information content (AvgIpc) is 2.79. The highest BCUT2D eigenvalue weighted by atomic mass is 32.2. The quantitative estimate of drug-likeness (QED) is 0.525. The van der Waals surface area contributed by atoms with Crippen LogP contribution >= 0.6 is 11.8 Å². The van der Waals surface area contributed by atoms with Crippen molar-refractivity contribution in [2.24, 2.45) is 0 Å². The number of benzene rings is 3. The molecular weight excluding hydrogens is 392 g/mol. The molecule has 1 amide bonds. The minimum Gasteiger partial charge on any atom is -0.492 e. The summed E-state index contributed by atoms with van der Waals surface area (Å²) in [6.07, 6.45) is 0.980. The van der Waals surface area contributed by atoms with Crippen LogP contribution in [-0.4, -0.2) is 18.3 Å². The Morgan fingerprint density at radius 3 is 2.60 bits per heavy atom. The van der Waals surface area contributed by atoms with Crippen molar-refractivity contribution in [2.45, 2.75) is 30.3 Å². The topological polar surface area (TPSA) is 50.4 Å². The lowest BCUT2D eigenvalue weighted by atomic mass is 9.99. The minimum absolute atomic E-state index is 0.0935. The number of carbonyl (C=O) groups excluding carboxylic acids is 1. The van der Waals surface area contributed by atoms with E-state index in [2.05, 4.69) is 34.9 Å². The van der Waals surface area contributed by atoms with Crippen molar-refractivity contribution < 1.29 is 9.53 Å². The molecule has 0 saturated heterocycles. The zero-order valence-electron chi connectivity index (χ0n) is 17.0. The molecule has 30 heavy (non-hydrogen) atoms. The van der Waals surface area contributed by atoms with Crippen molar-refractivity contribution >= 4 is 23.4 Å². The zero-order valence-corrected chi connectivity index (χ0v) is 17.8. The minimum atomic E-state index is -0.470. The van der Waals surface area contributed by atoms with Crippen LogP contribution in [0.15, 0.2) is 83.8 Å². The maximum atomic E-state index is 13.4. The molecule has 2 N–H and O–H groups in total. The van der Waals surface area contributed by atoms with Crippen LogP contribution in [0.5, 0.6) is 5.75 Å². The van der Waals surface area contributed by atoms with Gasteiger partial charge in [0.1, 0.15) is 11.8 Å². The van der Waals surface area contributed by atoms with Gasteiger partial charge in [0.05, 0.1) is 12.3 Å². The fourth-order valence-corrected chi connectivity index (χ4v) is 4.87. The summed E-state index contributed by atoms with van der Waals surface area (Å²) in [6.45, 7) is 2.48. The standard InChI is InChI=1S/C25H26N2O2S/c1-2-29-22-14-8-7-13-21(22)27-25(28)24(18-10-4-3-5-11-18)26-20-16-17-30-23-15-9-6-12-19(20)23/h3-15,20,24,26H,2,16-17H2,1H3,(H,27,28)/t20-,24+/m0/s1. The molecular formula is C25H26N2O2S. The molecule has 1 aliphatic rings. The Morgan fingerprint density at radius 2 is 1.77 bits per heavy atom. The molecule has 0 aromatic heterocycles. The van der Waals surface area contributed by atoms with Crippen LogP contribution in [0.4, 0.5) is 5.69 Å². The first-order valence-electron chi connectivity index (χ1n) is 10.3. The second kappa shape index (κ2) is 9.83. The predicted octanol–water partition coefficient (Wildman–Crippen LogP) is 5.59. The number of amides is 1. The van der Waals surface area contributed by atoms with Crippen molar-refractivity contribution in [1.82, 2.24) is 5.32 Å². The van der Waals surface area contributed by atoms with Crippen LogP contribution < -0.4 is 15.4 Å². The second-order valence-corrected chi connectivity index (χ2v) is 8.29. The van der Waals surface area contributed by atoms with E-state index in [9.17, 15) is 4.79 Å². The van der Waals surface area contributed by atoms with Gasteiger partial charge in [0.2, 0.25) is 5.91 Å². The number of thioether (sulfide) groups is 1. The van der Waals surface area contributed by atoms with Gasteiger partial charge in [-0.2, -0.15) is 0 Å². The van der Waals surface area contributed by atoms with Gasteiger partial charge in [0.25, 0.3) is 0 Å². The third-order valence-corrected chi connectivity index (χ3v) is 6.29. The summed E-state index contributed by atoms with van der Waals surface area (Å²) in [7, 11) is 0. The van der Waals surface area contributed by atoms with Crippen LogP contribution in [-0.2, 0) is 4.79 Å². The first kappa shape index (κ1) is 20.5. The lowest BCUT2D eigenvalue weighted by Crippen LogP contribution is -2.36. The van der Waals surface area contributed by atoms with Crippen molar-refractivity contribution in [3.8, 4) is 5.75 Å². The average molecular weight is 419 g/mol. The molecule has 4 rings (SSSR count). The molecule has 0 fully saturated rings. The van der Waals surface area contributed by atoms with Crippen LogP contribution in [0.3, 0.4) is 0 Å². The van der Waals surface area contributed by atoms with E-state index in [-0.39, 0.29) is 11.9 Å². The number of carbonyl (C=O) groups is 1. The Hall–Kier alpha value is -2.76. The summed E-state index contributed by atoms with van der Waals surface area (Å²) in [4.78, 5) is 14.7. The monoisotopic (exact) mass is 418 g/mol. The summed E-state index contributed by atoms with van der Waals surface area (Å²) in [6, 6.07) is 25.6. The maximum Gasteiger partial charge on any atom is 0.246 e. The summed E-state index contributed by atoms with van der Waals surface area (Å²) >= 11 is 1.88. The SMILES string of the molecule is CCOc1ccccc1NC(=O)[C@H](N[C@H]1CCSc2ccccc21)c1ccccc1. The third-order valence-electron chi connectivity index (χ3n) is 5.17. The molecule has 3 aromatic carbocycles. The highest BCUT2D eigenvalue weighted by Gasteiger charge is 2.28. The van der Waals surface area contributed by atoms with Gasteiger partial charge in [0, 0.05) is 10.9 Å². The van der Waals surface area contributed by atoms with E-state index in [1.54, 1.807) is 0 Å². The number of anilines is 1. The number of rotatable bonds is 7. The fraction of sp³-hybridized carbons (Fsp3) is 0.240. The van der Waals surface area contributed by atoms with Crippen LogP contribution in [0, 0.1) is 0 Å². The van der Waals surface area contributed by atoms with E-state index >= 15 is 0 Å². The Morgan fingerprint density at radius 1 is 1.03 bits per heavy atom. The van der Waals surface area contributed by atoms with Crippen molar-refractivity contribution in [3.05, 3.63) is 90.0 Å². The summed E-state index contributed by atoms with van der Waals surface area (Å²) < 4.78 is 5.68. The van der Waals surface area contributed by atoms with E-state index in [4.69, 9.17) is 4.74 Å². The smallest absolute Gasteiger partial charge is 0.246 e. The van der Waals surface area contributed by atoms with Crippen molar-refractivity contribution in [2.75, 3.05) is 17.7 Å². The van der Waals surface area contributed by atoms with Gasteiger partial charge in [-0.1, -0.05) is 60.7 Å². The lowest BCUT2D eigenvalue weighted by molar-refractivity contribution is -0.118. The van der Waals surface area contributed by atoms with Crippen LogP contribution in [0.2, 0.25) is 0 Å². The highest BCUT2D eigenvalue weighted by Crippen LogP contribution is 2.37. The molecule has 0 bridgehead atoms. The van der Waals surface area contributed by atoms with Gasteiger partial charge in [-0.25, -0.2) is 0 Å². The Bertz CT molecular complexity index is 993. The Labute approximate surface area is 182 Å². The number of nitrogens with one attached hydrogen (secondary N) is 2. The molecule has 5 heteroatoms. The van der Waals surface area contributed by atoms with E-state index in [0.717, 1.165) is 17.7 Å². The molecule has 1 heterocycles. The van der Waals surface area contributed by atoms with E-state index < -0.39 is 6.04 Å². The van der Waals surface area contributed by atoms with Crippen LogP contribution in [0.1, 0.15) is 36.6 Å². The number of hydrogen-bond donors (Lipinski definition) is 2. The van der Waals surface area contributed by atoms with Gasteiger partial charge in [-0.05, 0) is 48.4 Å². The van der Waals surface area contributed by atoms with Crippen molar-refractivity contribution in [3.63, 3.8) is 0 Å². The van der Waals surface area contributed by atoms with Gasteiger partial charge < -0.3 is 10.1 Å². The molecule has 0 spiro atoms. The molecule has 3 aromatic rings. The predicted molar refractivity (Wildman–Crippen MR) is 123 cm³/mol. The summed E-state index contributed by atoms with van der Waals surface area (Å²) in [5.74, 6) is 1.62. The Balaban J connectivity index is 1.61. The summed E-state index contributed by atoms with van der Waals surface area (Å²) in [5.41, 5.74) is 2.89. The second-order valence-electron chi connectivity index (χ2n) is 7.16. The maximum absolute atomic E-state index is 13.4. The van der Waals surface area contributed by atoms with Gasteiger partial charge in [0.15, 0.2) is 0 Å². The molecule has 0 aliphatic carbocycles. The first-order valence-corrected chi connectivity index (χ1v) is 11.3. The third kappa shape index (κ3) is 4.69. The summed E-state index contributed by atoms with van der Waals surface area (Å²) in [5, 5.41) is 6.71. The fourth-order valence-electron chi connectivity index (χ4n) is 3.74. The molecule has 154 valence electrons. The highest BCUT2D eigenvalue weighted by molar-refractivity contribution is 7.99. The molecule has 0 unspecified atom stereocenters. The normalized spacial score (nSPS) is 16.4. The lowest BCUT2D eigenvalue weighted by Gasteiger charge is -2.30. The first-order chi connectivity index (χ1) is 14.8. The number of hydrogen-bond acceptors (Lipinski definition) is 4. The molecule has 2 atom stereocenters. The van der Waals surface area contributed by atoms with E-state index in [1.807, 2.05) is 73.3 Å². The molecule has 4 nitrogen and oxygen atoms in total. The molecule has 0 saturated carbocycles. The van der Waals surface area contributed by atoms with E-state index in [0.29, 0.717) is 18.0 Å². The number of ether oxygens (including phenoxy) is 1. The Kier molecular flexibility index (Phi) is 6.72.